The summed E-state index contributed by atoms with van der Waals surface area (Å²) in [5.41, 5.74) is 1.99. The molecule has 2 N–H and O–H groups in total. The molecule has 31 heavy (non-hydrogen) atoms. The third kappa shape index (κ3) is 3.46. The maximum Gasteiger partial charge on any atom is 0.255 e. The van der Waals surface area contributed by atoms with E-state index < -0.39 is 11.9 Å². The van der Waals surface area contributed by atoms with E-state index in [4.69, 9.17) is 0 Å². The average molecular weight is 416 g/mol. The van der Waals surface area contributed by atoms with Crippen molar-refractivity contribution in [3.63, 3.8) is 0 Å². The molecule has 8 heteroatoms. The zero-order valence-corrected chi connectivity index (χ0v) is 16.6. The largest absolute Gasteiger partial charge is 0.376 e. The molecule has 0 radical (unpaired) electrons. The number of carbonyl (C=O) groups excluding carboxylic acids is 4. The van der Waals surface area contributed by atoms with Crippen molar-refractivity contribution in [2.24, 2.45) is 0 Å². The maximum atomic E-state index is 12.9. The van der Waals surface area contributed by atoms with Gasteiger partial charge in [0.2, 0.25) is 17.7 Å². The fraction of sp³-hybridized carbons (Fsp3) is 0.217. The topological polar surface area (TPSA) is 101 Å². The number of nitrogens with zero attached hydrogens (tertiary/aromatic N) is 2. The lowest BCUT2D eigenvalue weighted by atomic mass is 10.0. The van der Waals surface area contributed by atoms with Gasteiger partial charge in [0.15, 0.2) is 0 Å². The van der Waals surface area contributed by atoms with E-state index >= 15 is 0 Å². The highest BCUT2D eigenvalue weighted by atomic mass is 16.2. The standard InChI is InChI=1S/C23H20N4O4/c28-20-8-7-19(22(30)25-20)27-13-16-5-6-17(9-18(16)23(27)31)24-10-21(29)26-11-14-3-1-2-4-15(14)12-26/h1-6,9,11-12,19,24H,7-8,10,13H2,(H,25,28,30). The van der Waals surface area contributed by atoms with Crippen LogP contribution in [0.25, 0.3) is 10.8 Å². The van der Waals surface area contributed by atoms with Crippen LogP contribution in [-0.4, -0.2) is 45.7 Å². The van der Waals surface area contributed by atoms with Gasteiger partial charge < -0.3 is 10.2 Å². The molecule has 0 aliphatic carbocycles. The SMILES string of the molecule is O=C1CCC(N2Cc3ccc(NCC(=O)n4cc5ccccc5c4)cc3C2=O)C(=O)N1. The Hall–Kier alpha value is -3.94. The number of rotatable bonds is 4. The number of piperidine rings is 1. The Balaban J connectivity index is 1.28. The van der Waals surface area contributed by atoms with Crippen LogP contribution < -0.4 is 10.6 Å². The van der Waals surface area contributed by atoms with Gasteiger partial charge in [0.25, 0.3) is 5.91 Å². The van der Waals surface area contributed by atoms with Crippen molar-refractivity contribution < 1.29 is 19.2 Å². The minimum absolute atomic E-state index is 0.0742. The van der Waals surface area contributed by atoms with Gasteiger partial charge in [-0.25, -0.2) is 0 Å². The number of hydrogen-bond acceptors (Lipinski definition) is 5. The van der Waals surface area contributed by atoms with Crippen LogP contribution in [0.1, 0.15) is 33.6 Å². The highest BCUT2D eigenvalue weighted by Gasteiger charge is 2.39. The number of fused-ring (bicyclic) bond motifs is 2. The van der Waals surface area contributed by atoms with E-state index in [0.717, 1.165) is 16.3 Å². The first-order chi connectivity index (χ1) is 15.0. The number of nitrogens with one attached hydrogen (secondary N) is 2. The van der Waals surface area contributed by atoms with Gasteiger partial charge in [0.05, 0.1) is 6.54 Å². The predicted molar refractivity (Wildman–Crippen MR) is 114 cm³/mol. The van der Waals surface area contributed by atoms with Gasteiger partial charge in [-0.05, 0) is 34.9 Å². The predicted octanol–water partition coefficient (Wildman–Crippen LogP) is 2.15. The Morgan fingerprint density at radius 3 is 2.52 bits per heavy atom. The van der Waals surface area contributed by atoms with E-state index in [1.54, 1.807) is 23.0 Å². The van der Waals surface area contributed by atoms with Crippen LogP contribution in [0.2, 0.25) is 0 Å². The molecule has 1 aromatic heterocycles. The lowest BCUT2D eigenvalue weighted by Gasteiger charge is -2.29. The summed E-state index contributed by atoms with van der Waals surface area (Å²) in [6.07, 6.45) is 4.14. The van der Waals surface area contributed by atoms with Crippen LogP contribution in [0.4, 0.5) is 5.69 Å². The molecule has 3 aromatic rings. The summed E-state index contributed by atoms with van der Waals surface area (Å²) >= 11 is 0. The molecule has 8 nitrogen and oxygen atoms in total. The molecule has 156 valence electrons. The lowest BCUT2D eigenvalue weighted by molar-refractivity contribution is -0.136. The molecule has 0 bridgehead atoms. The summed E-state index contributed by atoms with van der Waals surface area (Å²) in [7, 11) is 0. The number of aromatic nitrogens is 1. The van der Waals surface area contributed by atoms with Crippen molar-refractivity contribution in [2.75, 3.05) is 11.9 Å². The molecule has 2 aliphatic heterocycles. The summed E-state index contributed by atoms with van der Waals surface area (Å²) in [4.78, 5) is 50.5. The van der Waals surface area contributed by atoms with Crippen molar-refractivity contribution in [1.82, 2.24) is 14.8 Å². The molecule has 1 atom stereocenters. The van der Waals surface area contributed by atoms with E-state index in [1.807, 2.05) is 36.4 Å². The van der Waals surface area contributed by atoms with Gasteiger partial charge in [0.1, 0.15) is 6.04 Å². The van der Waals surface area contributed by atoms with Crippen LogP contribution in [0.15, 0.2) is 54.9 Å². The Morgan fingerprint density at radius 1 is 1.06 bits per heavy atom. The second kappa shape index (κ2) is 7.39. The van der Waals surface area contributed by atoms with Gasteiger partial charge in [-0.3, -0.25) is 29.1 Å². The average Bonchev–Trinajstić information content (AvgIpc) is 3.34. The molecule has 0 spiro atoms. The van der Waals surface area contributed by atoms with Crippen molar-refractivity contribution in [3.05, 3.63) is 66.0 Å². The third-order valence-corrected chi connectivity index (χ3v) is 5.81. The molecule has 3 heterocycles. The Bertz CT molecular complexity index is 1210. The molecule has 2 aliphatic rings. The zero-order chi connectivity index (χ0) is 21.5. The van der Waals surface area contributed by atoms with Crippen LogP contribution in [0, 0.1) is 0 Å². The van der Waals surface area contributed by atoms with Gasteiger partial charge in [-0.15, -0.1) is 0 Å². The Labute approximate surface area is 177 Å². The van der Waals surface area contributed by atoms with E-state index in [2.05, 4.69) is 10.6 Å². The number of amides is 3. The van der Waals surface area contributed by atoms with E-state index in [0.29, 0.717) is 24.2 Å². The molecule has 1 unspecified atom stereocenters. The van der Waals surface area contributed by atoms with Crippen molar-refractivity contribution in [2.45, 2.75) is 25.4 Å². The lowest BCUT2D eigenvalue weighted by Crippen LogP contribution is -2.52. The number of carbonyl (C=O) groups is 4. The number of anilines is 1. The minimum atomic E-state index is -0.640. The fourth-order valence-corrected chi connectivity index (χ4v) is 4.16. The van der Waals surface area contributed by atoms with E-state index in [9.17, 15) is 19.2 Å². The summed E-state index contributed by atoms with van der Waals surface area (Å²) in [5.74, 6) is -1.10. The molecule has 1 saturated heterocycles. The monoisotopic (exact) mass is 416 g/mol. The van der Waals surface area contributed by atoms with Crippen LogP contribution in [-0.2, 0) is 16.1 Å². The van der Waals surface area contributed by atoms with Crippen LogP contribution in [0.3, 0.4) is 0 Å². The Kier molecular flexibility index (Phi) is 4.54. The highest BCUT2D eigenvalue weighted by Crippen LogP contribution is 2.29. The first-order valence-electron chi connectivity index (χ1n) is 10.1. The van der Waals surface area contributed by atoms with Gasteiger partial charge in [-0.2, -0.15) is 0 Å². The van der Waals surface area contributed by atoms with E-state index in [-0.39, 0.29) is 30.7 Å². The number of imide groups is 1. The van der Waals surface area contributed by atoms with Gasteiger partial charge >= 0.3 is 0 Å². The molecular formula is C23H20N4O4. The van der Waals surface area contributed by atoms with Crippen LogP contribution >= 0.6 is 0 Å². The first kappa shape index (κ1) is 19.0. The summed E-state index contributed by atoms with van der Waals surface area (Å²) in [5, 5.41) is 7.37. The molecule has 2 aromatic carbocycles. The summed E-state index contributed by atoms with van der Waals surface area (Å²) in [6, 6.07) is 12.5. The second-order valence-corrected chi connectivity index (χ2v) is 7.81. The minimum Gasteiger partial charge on any atom is -0.376 e. The molecule has 0 saturated carbocycles. The van der Waals surface area contributed by atoms with Crippen LogP contribution in [0.5, 0.6) is 0 Å². The Morgan fingerprint density at radius 2 is 1.81 bits per heavy atom. The number of hydrogen-bond donors (Lipinski definition) is 2. The van der Waals surface area contributed by atoms with Crippen molar-refractivity contribution in [1.29, 1.82) is 0 Å². The molecular weight excluding hydrogens is 396 g/mol. The van der Waals surface area contributed by atoms with Gasteiger partial charge in [0, 0.05) is 36.6 Å². The van der Waals surface area contributed by atoms with E-state index in [1.165, 1.54) is 4.90 Å². The summed E-state index contributed by atoms with van der Waals surface area (Å²) in [6.45, 7) is 0.403. The first-order valence-corrected chi connectivity index (χ1v) is 10.1. The van der Waals surface area contributed by atoms with Crippen molar-refractivity contribution >= 4 is 40.1 Å². The van der Waals surface area contributed by atoms with Gasteiger partial charge in [-0.1, -0.05) is 30.3 Å². The molecule has 3 amide bonds. The number of benzene rings is 2. The summed E-state index contributed by atoms with van der Waals surface area (Å²) < 4.78 is 1.56. The third-order valence-electron chi connectivity index (χ3n) is 5.81. The van der Waals surface area contributed by atoms with Crippen molar-refractivity contribution in [3.8, 4) is 0 Å². The zero-order valence-electron chi connectivity index (χ0n) is 16.6. The molecule has 5 rings (SSSR count). The highest BCUT2D eigenvalue weighted by molar-refractivity contribution is 6.05. The fourth-order valence-electron chi connectivity index (χ4n) is 4.16. The quantitative estimate of drug-likeness (QED) is 0.635. The molecule has 1 fully saturated rings. The maximum absolute atomic E-state index is 12.9. The smallest absolute Gasteiger partial charge is 0.255 e. The second-order valence-electron chi connectivity index (χ2n) is 7.81. The normalized spacial score (nSPS) is 18.3.